The molecule has 2 aromatic heterocycles. The van der Waals surface area contributed by atoms with Gasteiger partial charge in [0.25, 0.3) is 0 Å². The van der Waals surface area contributed by atoms with Gasteiger partial charge < -0.3 is 11.1 Å². The van der Waals surface area contributed by atoms with Crippen molar-refractivity contribution >= 4 is 11.5 Å². The summed E-state index contributed by atoms with van der Waals surface area (Å²) in [5.41, 5.74) is 11.1. The Morgan fingerprint density at radius 2 is 2.05 bits per heavy atom. The number of hydrogen-bond acceptors (Lipinski definition) is 4. The molecule has 0 fully saturated rings. The van der Waals surface area contributed by atoms with Crippen LogP contribution in [0.5, 0.6) is 0 Å². The lowest BCUT2D eigenvalue weighted by Crippen LogP contribution is -2.17. The van der Waals surface area contributed by atoms with Gasteiger partial charge in [0.1, 0.15) is 5.82 Å². The molecule has 3 N–H and O–H groups in total. The summed E-state index contributed by atoms with van der Waals surface area (Å²) in [7, 11) is 0. The molecule has 0 amide bonds. The van der Waals surface area contributed by atoms with Gasteiger partial charge in [0.15, 0.2) is 5.65 Å². The number of rotatable bonds is 4. The number of nitrogens with two attached hydrogens (primary N) is 1. The van der Waals surface area contributed by atoms with Crippen LogP contribution in [0.25, 0.3) is 16.9 Å². The Labute approximate surface area is 129 Å². The number of nitrogens with zero attached hydrogens (tertiary/aromatic N) is 3. The van der Waals surface area contributed by atoms with E-state index in [9.17, 15) is 0 Å². The lowest BCUT2D eigenvalue weighted by atomic mass is 10.2. The number of aromatic nitrogens is 3. The number of benzene rings is 1. The summed E-state index contributed by atoms with van der Waals surface area (Å²) in [6.45, 7) is 1.34. The number of nitrogens with one attached hydrogen (secondary N) is 1. The quantitative estimate of drug-likeness (QED) is 0.774. The zero-order chi connectivity index (χ0) is 14.9. The van der Waals surface area contributed by atoms with Gasteiger partial charge in [-0.1, -0.05) is 30.3 Å². The van der Waals surface area contributed by atoms with E-state index in [1.807, 2.05) is 22.7 Å². The first-order chi connectivity index (χ1) is 10.9. The van der Waals surface area contributed by atoms with E-state index in [2.05, 4.69) is 23.5 Å². The van der Waals surface area contributed by atoms with Crippen molar-refractivity contribution in [3.63, 3.8) is 0 Å². The highest BCUT2D eigenvalue weighted by Gasteiger charge is 2.21. The van der Waals surface area contributed by atoms with E-state index in [1.54, 1.807) is 0 Å². The van der Waals surface area contributed by atoms with E-state index < -0.39 is 0 Å². The molecule has 0 unspecified atom stereocenters. The highest BCUT2D eigenvalue weighted by atomic mass is 15.3. The highest BCUT2D eigenvalue weighted by molar-refractivity contribution is 5.67. The minimum Gasteiger partial charge on any atom is -0.368 e. The summed E-state index contributed by atoms with van der Waals surface area (Å²) in [4.78, 5) is 4.80. The van der Waals surface area contributed by atoms with Crippen LogP contribution < -0.4 is 11.1 Å². The van der Waals surface area contributed by atoms with Crippen molar-refractivity contribution in [2.75, 3.05) is 18.4 Å². The summed E-state index contributed by atoms with van der Waals surface area (Å²) in [6, 6.07) is 12.3. The molecule has 22 heavy (non-hydrogen) atoms. The first kappa shape index (κ1) is 13.3. The summed E-state index contributed by atoms with van der Waals surface area (Å²) in [5.74, 6) is 1.06. The van der Waals surface area contributed by atoms with E-state index >= 15 is 0 Å². The topological polar surface area (TPSA) is 68.2 Å². The van der Waals surface area contributed by atoms with Crippen molar-refractivity contribution < 1.29 is 0 Å². The monoisotopic (exact) mass is 293 g/mol. The molecule has 1 aromatic carbocycles. The van der Waals surface area contributed by atoms with Gasteiger partial charge in [-0.3, -0.25) is 0 Å². The molecule has 0 spiro atoms. The average molecular weight is 293 g/mol. The van der Waals surface area contributed by atoms with Gasteiger partial charge in [0.05, 0.1) is 5.69 Å². The summed E-state index contributed by atoms with van der Waals surface area (Å²) in [6.07, 6.45) is 3.28. The van der Waals surface area contributed by atoms with Crippen molar-refractivity contribution in [1.29, 1.82) is 0 Å². The van der Waals surface area contributed by atoms with Crippen molar-refractivity contribution in [3.8, 4) is 11.3 Å². The molecule has 0 bridgehead atoms. The molecule has 0 saturated heterocycles. The van der Waals surface area contributed by atoms with Crippen LogP contribution in [0.15, 0.2) is 36.4 Å². The Balaban J connectivity index is 1.88. The van der Waals surface area contributed by atoms with Gasteiger partial charge in [-0.2, -0.15) is 9.61 Å². The van der Waals surface area contributed by atoms with Crippen LogP contribution in [0.4, 0.5) is 5.82 Å². The second-order valence-corrected chi connectivity index (χ2v) is 5.62. The molecule has 5 nitrogen and oxygen atoms in total. The normalized spacial score (nSPS) is 13.5. The molecule has 112 valence electrons. The largest absolute Gasteiger partial charge is 0.368 e. The second-order valence-electron chi connectivity index (χ2n) is 5.62. The van der Waals surface area contributed by atoms with Gasteiger partial charge >= 0.3 is 0 Å². The number of fused-ring (bicyclic) bond motifs is 2. The smallest absolute Gasteiger partial charge is 0.158 e. The Hall–Kier alpha value is -2.40. The number of hydrogen-bond donors (Lipinski definition) is 2. The van der Waals surface area contributed by atoms with Gasteiger partial charge in [0.2, 0.25) is 0 Å². The molecular weight excluding hydrogens is 274 g/mol. The van der Waals surface area contributed by atoms with E-state index in [1.165, 1.54) is 17.7 Å². The molecule has 0 radical (unpaired) electrons. The Bertz CT molecular complexity index is 807. The Kier molecular flexibility index (Phi) is 3.27. The Morgan fingerprint density at radius 1 is 1.18 bits per heavy atom. The van der Waals surface area contributed by atoms with Crippen LogP contribution in [0.2, 0.25) is 0 Å². The standard InChI is InChI=1S/C17H19N5/c18-9-10-19-17-13-7-4-8-14(13)20-16-11-15(21-22(16)17)12-5-2-1-3-6-12/h1-3,5-6,11,19H,4,7-10,18H2. The molecule has 1 aliphatic carbocycles. The first-order valence-electron chi connectivity index (χ1n) is 7.77. The fourth-order valence-corrected chi connectivity index (χ4v) is 3.11. The van der Waals surface area contributed by atoms with Crippen molar-refractivity contribution in [1.82, 2.24) is 14.6 Å². The average Bonchev–Trinajstić information content (AvgIpc) is 3.18. The maximum atomic E-state index is 5.65. The fourth-order valence-electron chi connectivity index (χ4n) is 3.11. The SMILES string of the molecule is NCCNc1c2c(nc3cc(-c4ccccc4)nn13)CCC2. The van der Waals surface area contributed by atoms with E-state index in [0.29, 0.717) is 6.54 Å². The minimum absolute atomic E-state index is 0.603. The second kappa shape index (κ2) is 5.42. The third kappa shape index (κ3) is 2.14. The fraction of sp³-hybridized carbons (Fsp3) is 0.294. The van der Waals surface area contributed by atoms with Crippen molar-refractivity contribution in [2.45, 2.75) is 19.3 Å². The molecule has 0 atom stereocenters. The van der Waals surface area contributed by atoms with Crippen LogP contribution in [0.1, 0.15) is 17.7 Å². The van der Waals surface area contributed by atoms with Gasteiger partial charge in [-0.15, -0.1) is 0 Å². The molecule has 5 heteroatoms. The zero-order valence-electron chi connectivity index (χ0n) is 12.4. The van der Waals surface area contributed by atoms with Gasteiger partial charge in [0, 0.05) is 36.0 Å². The lowest BCUT2D eigenvalue weighted by molar-refractivity contribution is 0.894. The minimum atomic E-state index is 0.603. The highest BCUT2D eigenvalue weighted by Crippen LogP contribution is 2.30. The van der Waals surface area contributed by atoms with Gasteiger partial charge in [-0.25, -0.2) is 4.98 Å². The van der Waals surface area contributed by atoms with E-state index in [0.717, 1.165) is 42.1 Å². The van der Waals surface area contributed by atoms with Crippen molar-refractivity contribution in [2.24, 2.45) is 5.73 Å². The van der Waals surface area contributed by atoms with Gasteiger partial charge in [-0.05, 0) is 19.3 Å². The first-order valence-corrected chi connectivity index (χ1v) is 7.77. The molecule has 0 saturated carbocycles. The molecule has 3 aromatic rings. The summed E-state index contributed by atoms with van der Waals surface area (Å²) < 4.78 is 1.93. The summed E-state index contributed by atoms with van der Waals surface area (Å²) in [5, 5.41) is 8.20. The van der Waals surface area contributed by atoms with Crippen molar-refractivity contribution in [3.05, 3.63) is 47.7 Å². The van der Waals surface area contributed by atoms with Crippen LogP contribution >= 0.6 is 0 Å². The number of aryl methyl sites for hydroxylation is 1. The maximum Gasteiger partial charge on any atom is 0.158 e. The molecule has 4 rings (SSSR count). The van der Waals surface area contributed by atoms with Crippen LogP contribution in [-0.2, 0) is 12.8 Å². The van der Waals surface area contributed by atoms with Crippen LogP contribution in [-0.4, -0.2) is 27.7 Å². The zero-order valence-corrected chi connectivity index (χ0v) is 12.4. The van der Waals surface area contributed by atoms with Crippen LogP contribution in [0.3, 0.4) is 0 Å². The molecule has 1 aliphatic rings. The molecule has 0 aliphatic heterocycles. The molecular formula is C17H19N5. The van der Waals surface area contributed by atoms with Crippen LogP contribution in [0, 0.1) is 0 Å². The number of anilines is 1. The van der Waals surface area contributed by atoms with E-state index in [4.69, 9.17) is 15.8 Å². The predicted octanol–water partition coefficient (Wildman–Crippen LogP) is 2.26. The Morgan fingerprint density at radius 3 is 2.86 bits per heavy atom. The predicted molar refractivity (Wildman–Crippen MR) is 88.0 cm³/mol. The maximum absolute atomic E-state index is 5.65. The molecule has 2 heterocycles. The third-order valence-electron chi connectivity index (χ3n) is 4.13. The lowest BCUT2D eigenvalue weighted by Gasteiger charge is -2.12. The van der Waals surface area contributed by atoms with E-state index in [-0.39, 0.29) is 0 Å². The third-order valence-corrected chi connectivity index (χ3v) is 4.13. The summed E-state index contributed by atoms with van der Waals surface area (Å²) >= 11 is 0.